The lowest BCUT2D eigenvalue weighted by molar-refractivity contribution is 0.446. The summed E-state index contributed by atoms with van der Waals surface area (Å²) in [5.41, 5.74) is 3.00. The Labute approximate surface area is 144 Å². The largest absolute Gasteiger partial charge is 0.205 e. The van der Waals surface area contributed by atoms with E-state index in [0.717, 1.165) is 37.0 Å². The molecule has 0 fully saturated rings. The molecule has 0 saturated heterocycles. The molecule has 0 atom stereocenters. The second kappa shape index (κ2) is 7.14. The van der Waals surface area contributed by atoms with Gasteiger partial charge in [-0.3, -0.25) is 0 Å². The minimum Gasteiger partial charge on any atom is -0.205 e. The lowest BCUT2D eigenvalue weighted by atomic mass is 9.88. The molecule has 0 unspecified atom stereocenters. The average molecular weight is 344 g/mol. The summed E-state index contributed by atoms with van der Waals surface area (Å²) in [6.45, 7) is 2.11. The lowest BCUT2D eigenvalue weighted by Gasteiger charge is -2.18. The number of hydrogen-bond acceptors (Lipinski definition) is 0. The van der Waals surface area contributed by atoms with Crippen LogP contribution in [0.3, 0.4) is 0 Å². The monoisotopic (exact) mass is 344 g/mol. The molecular weight excluding hydrogens is 328 g/mol. The van der Waals surface area contributed by atoms with Crippen molar-refractivity contribution in [2.24, 2.45) is 0 Å². The minimum absolute atomic E-state index is 0.0429. The van der Waals surface area contributed by atoms with Crippen LogP contribution >= 0.6 is 0 Å². The molecule has 2 aromatic rings. The van der Waals surface area contributed by atoms with Crippen molar-refractivity contribution in [3.63, 3.8) is 0 Å². The van der Waals surface area contributed by atoms with Crippen molar-refractivity contribution in [2.75, 3.05) is 0 Å². The van der Waals surface area contributed by atoms with Crippen LogP contribution in [0.25, 0.3) is 0 Å². The third-order valence-electron chi connectivity index (χ3n) is 4.25. The minimum atomic E-state index is -1.54. The van der Waals surface area contributed by atoms with Crippen LogP contribution in [0.4, 0.5) is 17.6 Å². The van der Waals surface area contributed by atoms with Crippen molar-refractivity contribution in [2.45, 2.75) is 32.6 Å². The molecule has 0 heterocycles. The fourth-order valence-electron chi connectivity index (χ4n) is 2.99. The first-order chi connectivity index (χ1) is 12.0. The number of rotatable bonds is 2. The van der Waals surface area contributed by atoms with Crippen molar-refractivity contribution in [1.29, 1.82) is 0 Å². The molecule has 0 radical (unpaired) electrons. The van der Waals surface area contributed by atoms with Crippen LogP contribution in [0, 0.1) is 35.1 Å². The quantitative estimate of drug-likeness (QED) is 0.293. The van der Waals surface area contributed by atoms with E-state index in [0.29, 0.717) is 12.0 Å². The summed E-state index contributed by atoms with van der Waals surface area (Å²) >= 11 is 0. The summed E-state index contributed by atoms with van der Waals surface area (Å²) in [5.74, 6) is 0.506. The molecule has 0 N–H and O–H groups in total. The van der Waals surface area contributed by atoms with E-state index in [1.807, 2.05) is 6.07 Å². The second-order valence-corrected chi connectivity index (χ2v) is 6.06. The van der Waals surface area contributed by atoms with Gasteiger partial charge in [0.15, 0.2) is 17.5 Å². The van der Waals surface area contributed by atoms with Gasteiger partial charge in [0.1, 0.15) is 5.82 Å². The summed E-state index contributed by atoms with van der Waals surface area (Å²) in [5, 5.41) is 0. The van der Waals surface area contributed by atoms with Crippen LogP contribution in [-0.4, -0.2) is 0 Å². The lowest BCUT2D eigenvalue weighted by Crippen LogP contribution is -2.07. The molecule has 0 aliphatic heterocycles. The highest BCUT2D eigenvalue weighted by atomic mass is 19.2. The van der Waals surface area contributed by atoms with Crippen molar-refractivity contribution < 1.29 is 17.6 Å². The van der Waals surface area contributed by atoms with Crippen LogP contribution < -0.4 is 0 Å². The van der Waals surface area contributed by atoms with Crippen LogP contribution in [-0.2, 0) is 12.8 Å². The van der Waals surface area contributed by atoms with Gasteiger partial charge >= 0.3 is 0 Å². The van der Waals surface area contributed by atoms with Gasteiger partial charge in [-0.05, 0) is 48.6 Å². The normalized spacial score (nSPS) is 12.9. The third kappa shape index (κ3) is 3.61. The maximum absolute atomic E-state index is 14.7. The molecule has 1 aliphatic rings. The number of allylic oxidation sites excluding steroid dienone is 2. The third-order valence-corrected chi connectivity index (χ3v) is 4.25. The Hall–Kier alpha value is -2.54. The molecule has 1 aliphatic carbocycles. The molecule has 0 spiro atoms. The van der Waals surface area contributed by atoms with Crippen molar-refractivity contribution >= 4 is 0 Å². The van der Waals surface area contributed by atoms with Gasteiger partial charge < -0.3 is 0 Å². The zero-order chi connectivity index (χ0) is 18.0. The van der Waals surface area contributed by atoms with E-state index < -0.39 is 23.3 Å². The van der Waals surface area contributed by atoms with Crippen molar-refractivity contribution in [3.05, 3.63) is 81.4 Å². The van der Waals surface area contributed by atoms with Crippen LogP contribution in [0.15, 0.2) is 35.9 Å². The molecule has 0 bridgehead atoms. The summed E-state index contributed by atoms with van der Waals surface area (Å²) in [7, 11) is 0. The molecule has 0 amide bonds. The van der Waals surface area contributed by atoms with Crippen LogP contribution in [0.5, 0.6) is 0 Å². The Kier molecular flexibility index (Phi) is 4.94. The molecule has 25 heavy (non-hydrogen) atoms. The van der Waals surface area contributed by atoms with E-state index in [1.54, 1.807) is 6.07 Å². The van der Waals surface area contributed by atoms with Gasteiger partial charge in [-0.25, -0.2) is 17.6 Å². The Morgan fingerprint density at radius 1 is 0.960 bits per heavy atom. The van der Waals surface area contributed by atoms with E-state index in [9.17, 15) is 17.6 Å². The summed E-state index contributed by atoms with van der Waals surface area (Å²) in [6, 6.07) is 5.01. The van der Waals surface area contributed by atoms with Gasteiger partial charge in [0.25, 0.3) is 0 Å². The highest BCUT2D eigenvalue weighted by Crippen LogP contribution is 2.27. The summed E-state index contributed by atoms with van der Waals surface area (Å²) < 4.78 is 54.0. The predicted molar refractivity (Wildman–Crippen MR) is 89.1 cm³/mol. The smallest absolute Gasteiger partial charge is 0.194 e. The maximum atomic E-state index is 14.7. The highest BCUT2D eigenvalue weighted by molar-refractivity contribution is 5.49. The molecular formula is C21H16F4. The number of hydrogen-bond donors (Lipinski definition) is 0. The Balaban J connectivity index is 1.91. The van der Waals surface area contributed by atoms with Gasteiger partial charge in [0.2, 0.25) is 0 Å². The Morgan fingerprint density at radius 2 is 1.68 bits per heavy atom. The van der Waals surface area contributed by atoms with Crippen LogP contribution in [0.2, 0.25) is 0 Å². The van der Waals surface area contributed by atoms with Crippen molar-refractivity contribution in [3.8, 4) is 11.8 Å². The number of fused-ring (bicyclic) bond motifs is 1. The fraction of sp³-hybridized carbons (Fsp3) is 0.238. The first kappa shape index (κ1) is 17.3. The molecule has 2 aromatic carbocycles. The van der Waals surface area contributed by atoms with E-state index in [1.165, 1.54) is 5.57 Å². The van der Waals surface area contributed by atoms with E-state index >= 15 is 0 Å². The topological polar surface area (TPSA) is 0 Å². The zero-order valence-electron chi connectivity index (χ0n) is 13.7. The Bertz CT molecular complexity index is 890. The van der Waals surface area contributed by atoms with E-state index in [-0.39, 0.29) is 11.1 Å². The summed E-state index contributed by atoms with van der Waals surface area (Å²) in [4.78, 5) is 0. The first-order valence-corrected chi connectivity index (χ1v) is 8.14. The van der Waals surface area contributed by atoms with E-state index in [4.69, 9.17) is 0 Å². The second-order valence-electron chi connectivity index (χ2n) is 6.06. The standard InChI is InChI=1S/C21H16F4/c1-2-3-13-5-9-17-16(10-13)8-7-15(20(17)24)6-4-14-11-18(22)21(25)19(23)12-14/h5,7-8,11-12H,2-3,9-10H2,1H3. The highest BCUT2D eigenvalue weighted by Gasteiger charge is 2.16. The van der Waals surface area contributed by atoms with Crippen molar-refractivity contribution in [1.82, 2.24) is 0 Å². The number of benzene rings is 2. The van der Waals surface area contributed by atoms with Crippen LogP contribution in [0.1, 0.15) is 42.0 Å². The molecule has 0 nitrogen and oxygen atoms in total. The SMILES string of the molecule is CCCC1=CCc2c(ccc(C#Cc3cc(F)c(F)c(F)c3)c2F)C1. The summed E-state index contributed by atoms with van der Waals surface area (Å²) in [6.07, 6.45) is 5.37. The Morgan fingerprint density at radius 3 is 2.36 bits per heavy atom. The van der Waals surface area contributed by atoms with Gasteiger partial charge in [0.05, 0.1) is 5.56 Å². The fourth-order valence-corrected chi connectivity index (χ4v) is 2.99. The molecule has 4 heteroatoms. The van der Waals surface area contributed by atoms with Gasteiger partial charge in [-0.2, -0.15) is 0 Å². The molecule has 0 aromatic heterocycles. The first-order valence-electron chi connectivity index (χ1n) is 8.14. The van der Waals surface area contributed by atoms with Gasteiger partial charge in [-0.15, -0.1) is 0 Å². The molecule has 0 saturated carbocycles. The number of halogens is 4. The zero-order valence-corrected chi connectivity index (χ0v) is 13.7. The maximum Gasteiger partial charge on any atom is 0.194 e. The van der Waals surface area contributed by atoms with E-state index in [2.05, 4.69) is 24.8 Å². The predicted octanol–water partition coefficient (Wildman–Crippen LogP) is 5.47. The molecule has 3 rings (SSSR count). The van der Waals surface area contributed by atoms with Gasteiger partial charge in [0, 0.05) is 5.56 Å². The molecule has 128 valence electrons. The average Bonchev–Trinajstić information content (AvgIpc) is 2.59. The van der Waals surface area contributed by atoms with Gasteiger partial charge in [-0.1, -0.05) is 42.9 Å².